The summed E-state index contributed by atoms with van der Waals surface area (Å²) in [6.45, 7) is 2.74. The lowest BCUT2D eigenvalue weighted by Crippen LogP contribution is -2.30. The largest absolute Gasteiger partial charge is 0.352 e. The average Bonchev–Trinajstić information content (AvgIpc) is 2.89. The van der Waals surface area contributed by atoms with Crippen LogP contribution in [0.1, 0.15) is 16.8 Å². The van der Waals surface area contributed by atoms with Crippen molar-refractivity contribution in [3.8, 4) is 0 Å². The van der Waals surface area contributed by atoms with Gasteiger partial charge in [-0.3, -0.25) is 4.79 Å². The van der Waals surface area contributed by atoms with Crippen molar-refractivity contribution < 1.29 is 4.79 Å². The van der Waals surface area contributed by atoms with Gasteiger partial charge in [0.25, 0.3) is 5.91 Å². The van der Waals surface area contributed by atoms with Crippen molar-refractivity contribution in [2.45, 2.75) is 11.3 Å². The number of benzene rings is 1. The van der Waals surface area contributed by atoms with Gasteiger partial charge in [0.05, 0.1) is 10.6 Å². The summed E-state index contributed by atoms with van der Waals surface area (Å²) in [5.74, 6) is 0.458. The molecule has 1 unspecified atom stereocenters. The average molecular weight is 321 g/mol. The van der Waals surface area contributed by atoms with Crippen LogP contribution >= 0.6 is 35.8 Å². The fourth-order valence-corrected chi connectivity index (χ4v) is 2.67. The Labute approximate surface area is 129 Å². The molecule has 0 bridgehead atoms. The molecule has 0 aliphatic carbocycles. The van der Waals surface area contributed by atoms with Gasteiger partial charge in [-0.25, -0.2) is 0 Å². The minimum atomic E-state index is -0.0807. The van der Waals surface area contributed by atoms with Crippen molar-refractivity contribution in [1.29, 1.82) is 0 Å². The summed E-state index contributed by atoms with van der Waals surface area (Å²) in [4.78, 5) is 13.1. The lowest BCUT2D eigenvalue weighted by molar-refractivity contribution is 0.0948. The maximum absolute atomic E-state index is 12.1. The Kier molecular flexibility index (Phi) is 7.00. The molecule has 19 heavy (non-hydrogen) atoms. The molecule has 0 radical (unpaired) electrons. The van der Waals surface area contributed by atoms with Crippen LogP contribution in [0.4, 0.5) is 0 Å². The molecule has 1 atom stereocenters. The molecule has 1 aromatic carbocycles. The molecule has 0 saturated carbocycles. The molecule has 6 heteroatoms. The molecule has 0 aromatic heterocycles. The normalized spacial score (nSPS) is 17.9. The molecule has 3 nitrogen and oxygen atoms in total. The number of nitrogens with one attached hydrogen (secondary N) is 2. The number of carbonyl (C=O) groups is 1. The molecular formula is C13H18Cl2N2OS. The van der Waals surface area contributed by atoms with Crippen LogP contribution in [0.2, 0.25) is 5.02 Å². The molecule has 2 rings (SSSR count). The zero-order valence-electron chi connectivity index (χ0n) is 10.7. The maximum atomic E-state index is 12.1. The monoisotopic (exact) mass is 320 g/mol. The van der Waals surface area contributed by atoms with Gasteiger partial charge in [0.2, 0.25) is 0 Å². The van der Waals surface area contributed by atoms with E-state index in [1.54, 1.807) is 17.8 Å². The highest BCUT2D eigenvalue weighted by Gasteiger charge is 2.17. The maximum Gasteiger partial charge on any atom is 0.252 e. The molecule has 0 spiro atoms. The summed E-state index contributed by atoms with van der Waals surface area (Å²) in [5.41, 5.74) is 0.564. The van der Waals surface area contributed by atoms with E-state index in [9.17, 15) is 4.79 Å². The Bertz CT molecular complexity index is 437. The highest BCUT2D eigenvalue weighted by atomic mass is 35.5. The van der Waals surface area contributed by atoms with Crippen LogP contribution in [0.3, 0.4) is 0 Å². The first kappa shape index (κ1) is 16.6. The second kappa shape index (κ2) is 8.00. The van der Waals surface area contributed by atoms with Crippen LogP contribution in [-0.4, -0.2) is 31.8 Å². The fraction of sp³-hybridized carbons (Fsp3) is 0.462. The Morgan fingerprint density at radius 3 is 3.00 bits per heavy atom. The molecule has 106 valence electrons. The lowest BCUT2D eigenvalue weighted by atomic mass is 10.1. The topological polar surface area (TPSA) is 41.1 Å². The molecular weight excluding hydrogens is 303 g/mol. The minimum Gasteiger partial charge on any atom is -0.352 e. The van der Waals surface area contributed by atoms with Crippen molar-refractivity contribution in [2.75, 3.05) is 25.9 Å². The molecule has 1 saturated heterocycles. The SMILES string of the molecule is CSc1ccc(Cl)c(C(=O)NCC2CCNC2)c1.Cl. The van der Waals surface area contributed by atoms with Gasteiger partial charge in [-0.2, -0.15) is 0 Å². The zero-order valence-corrected chi connectivity index (χ0v) is 13.1. The quantitative estimate of drug-likeness (QED) is 0.838. The molecule has 1 aliphatic rings. The van der Waals surface area contributed by atoms with Crippen LogP contribution in [0, 0.1) is 5.92 Å². The van der Waals surface area contributed by atoms with Gasteiger partial charge in [0.1, 0.15) is 0 Å². The first-order valence-corrected chi connectivity index (χ1v) is 7.63. The van der Waals surface area contributed by atoms with Gasteiger partial charge < -0.3 is 10.6 Å². The van der Waals surface area contributed by atoms with E-state index < -0.39 is 0 Å². The lowest BCUT2D eigenvalue weighted by Gasteiger charge is -2.11. The number of carbonyl (C=O) groups excluding carboxylic acids is 1. The van der Waals surface area contributed by atoms with E-state index in [0.29, 0.717) is 23.0 Å². The first-order chi connectivity index (χ1) is 8.70. The highest BCUT2D eigenvalue weighted by molar-refractivity contribution is 7.98. The van der Waals surface area contributed by atoms with Crippen LogP contribution in [0.5, 0.6) is 0 Å². The molecule has 1 aromatic rings. The van der Waals surface area contributed by atoms with Crippen molar-refractivity contribution in [2.24, 2.45) is 5.92 Å². The molecule has 1 heterocycles. The smallest absolute Gasteiger partial charge is 0.252 e. The van der Waals surface area contributed by atoms with E-state index in [1.807, 2.05) is 18.4 Å². The summed E-state index contributed by atoms with van der Waals surface area (Å²) in [7, 11) is 0. The summed E-state index contributed by atoms with van der Waals surface area (Å²) in [5, 5.41) is 6.75. The molecule has 1 amide bonds. The van der Waals surface area contributed by atoms with Gasteiger partial charge in [-0.1, -0.05) is 11.6 Å². The second-order valence-electron chi connectivity index (χ2n) is 4.41. The van der Waals surface area contributed by atoms with Crippen molar-refractivity contribution >= 4 is 41.7 Å². The van der Waals surface area contributed by atoms with E-state index >= 15 is 0 Å². The fourth-order valence-electron chi connectivity index (χ4n) is 2.03. The minimum absolute atomic E-state index is 0. The van der Waals surface area contributed by atoms with Crippen LogP contribution in [-0.2, 0) is 0 Å². The predicted octanol–water partition coefficient (Wildman–Crippen LogP) is 2.82. The number of hydrogen-bond acceptors (Lipinski definition) is 3. The molecule has 2 N–H and O–H groups in total. The van der Waals surface area contributed by atoms with E-state index in [1.165, 1.54) is 0 Å². The van der Waals surface area contributed by atoms with Crippen LogP contribution in [0.15, 0.2) is 23.1 Å². The highest BCUT2D eigenvalue weighted by Crippen LogP contribution is 2.23. The summed E-state index contributed by atoms with van der Waals surface area (Å²) >= 11 is 7.66. The van der Waals surface area contributed by atoms with Gasteiger partial charge in [-0.05, 0) is 49.9 Å². The van der Waals surface area contributed by atoms with E-state index in [0.717, 1.165) is 24.4 Å². The third-order valence-corrected chi connectivity index (χ3v) is 4.19. The summed E-state index contributed by atoms with van der Waals surface area (Å²) in [6.07, 6.45) is 3.11. The zero-order chi connectivity index (χ0) is 13.0. The van der Waals surface area contributed by atoms with Crippen molar-refractivity contribution in [3.05, 3.63) is 28.8 Å². The van der Waals surface area contributed by atoms with E-state index in [-0.39, 0.29) is 18.3 Å². The van der Waals surface area contributed by atoms with Crippen molar-refractivity contribution in [3.63, 3.8) is 0 Å². The van der Waals surface area contributed by atoms with E-state index in [2.05, 4.69) is 10.6 Å². The number of halogens is 2. The van der Waals surface area contributed by atoms with Gasteiger partial charge in [0, 0.05) is 11.4 Å². The third kappa shape index (κ3) is 4.56. The van der Waals surface area contributed by atoms with Gasteiger partial charge in [-0.15, -0.1) is 24.2 Å². The number of rotatable bonds is 4. The Morgan fingerprint density at radius 1 is 1.58 bits per heavy atom. The Hall–Kier alpha value is -0.420. The second-order valence-corrected chi connectivity index (χ2v) is 5.70. The van der Waals surface area contributed by atoms with Crippen LogP contribution in [0.25, 0.3) is 0 Å². The molecule has 1 aliphatic heterocycles. The van der Waals surface area contributed by atoms with Gasteiger partial charge >= 0.3 is 0 Å². The van der Waals surface area contributed by atoms with Crippen LogP contribution < -0.4 is 10.6 Å². The van der Waals surface area contributed by atoms with E-state index in [4.69, 9.17) is 11.6 Å². The summed E-state index contributed by atoms with van der Waals surface area (Å²) < 4.78 is 0. The Balaban J connectivity index is 0.00000180. The standard InChI is InChI=1S/C13H17ClN2OS.ClH/c1-18-10-2-3-12(14)11(6-10)13(17)16-8-9-4-5-15-7-9;/h2-3,6,9,15H,4-5,7-8H2,1H3,(H,16,17);1H. The summed E-state index contributed by atoms with van der Waals surface area (Å²) in [6, 6.07) is 5.54. The first-order valence-electron chi connectivity index (χ1n) is 6.03. The number of hydrogen-bond donors (Lipinski definition) is 2. The third-order valence-electron chi connectivity index (χ3n) is 3.13. The number of thioether (sulfide) groups is 1. The number of amides is 1. The van der Waals surface area contributed by atoms with Crippen molar-refractivity contribution in [1.82, 2.24) is 10.6 Å². The predicted molar refractivity (Wildman–Crippen MR) is 83.8 cm³/mol. The molecule has 1 fully saturated rings. The Morgan fingerprint density at radius 2 is 2.37 bits per heavy atom. The van der Waals surface area contributed by atoms with Gasteiger partial charge in [0.15, 0.2) is 0 Å².